The van der Waals surface area contributed by atoms with Crippen LogP contribution in [0.25, 0.3) is 11.2 Å². The summed E-state index contributed by atoms with van der Waals surface area (Å²) in [5.74, 6) is 0.287. The molecule has 5 heteroatoms. The summed E-state index contributed by atoms with van der Waals surface area (Å²) in [5, 5.41) is 0. The van der Waals surface area contributed by atoms with Gasteiger partial charge >= 0.3 is 0 Å². The maximum atomic E-state index is 5.46. The van der Waals surface area contributed by atoms with Gasteiger partial charge in [0.25, 0.3) is 0 Å². The minimum Gasteiger partial charge on any atom is -0.458 e. The lowest BCUT2D eigenvalue weighted by atomic mass is 10.4. The maximum Gasteiger partial charge on any atom is 0.192 e. The van der Waals surface area contributed by atoms with E-state index in [0.717, 1.165) is 4.47 Å². The van der Waals surface area contributed by atoms with Crippen molar-refractivity contribution in [3.8, 4) is 0 Å². The van der Waals surface area contributed by atoms with E-state index >= 15 is 0 Å². The summed E-state index contributed by atoms with van der Waals surface area (Å²) in [6, 6.07) is 1.55. The summed E-state index contributed by atoms with van der Waals surface area (Å²) < 4.78 is 11.6. The van der Waals surface area contributed by atoms with Crippen molar-refractivity contribution in [3.05, 3.63) is 21.3 Å². The van der Waals surface area contributed by atoms with E-state index in [0.29, 0.717) is 15.7 Å². The molecule has 0 unspecified atom stereocenters. The average Bonchev–Trinajstić information content (AvgIpc) is 2.33. The second kappa shape index (κ2) is 2.60. The van der Waals surface area contributed by atoms with Gasteiger partial charge in [-0.2, -0.15) is 0 Å². The zero-order valence-electron chi connectivity index (χ0n) is 5.83. The molecule has 0 atom stereocenters. The Morgan fingerprint density at radius 1 is 1.42 bits per heavy atom. The van der Waals surface area contributed by atoms with Crippen LogP contribution in [-0.2, 0) is 0 Å². The highest BCUT2D eigenvalue weighted by molar-refractivity contribution is 9.10. The van der Waals surface area contributed by atoms with Crippen LogP contribution in [0.1, 0.15) is 0 Å². The maximum absolute atomic E-state index is 5.46. The highest BCUT2D eigenvalue weighted by Gasteiger charge is 2.07. The van der Waals surface area contributed by atoms with Crippen LogP contribution in [0.2, 0.25) is 0 Å². The van der Waals surface area contributed by atoms with E-state index in [1.54, 1.807) is 6.07 Å². The van der Waals surface area contributed by atoms with Crippen LogP contribution in [0.4, 0.5) is 5.88 Å². The number of anilines is 1. The molecule has 0 saturated heterocycles. The van der Waals surface area contributed by atoms with Crippen molar-refractivity contribution in [2.75, 3.05) is 5.73 Å². The fraction of sp³-hybridized carbons (Fsp3) is 0. The molecule has 0 aliphatic heterocycles. The van der Waals surface area contributed by atoms with Crippen molar-refractivity contribution in [1.82, 2.24) is 0 Å². The number of hydrogen-bond donors (Lipinski definition) is 1. The molecule has 2 aromatic rings. The van der Waals surface area contributed by atoms with E-state index in [4.69, 9.17) is 26.8 Å². The number of fused-ring (bicyclic) bond motifs is 1. The normalized spacial score (nSPS) is 10.8. The van der Waals surface area contributed by atoms with Gasteiger partial charge in [-0.3, -0.25) is 0 Å². The van der Waals surface area contributed by atoms with Crippen LogP contribution in [0, 0.1) is 4.51 Å². The van der Waals surface area contributed by atoms with Gasteiger partial charge in [-0.15, -0.1) is 0 Å². The first-order valence-electron chi connectivity index (χ1n) is 3.15. The van der Waals surface area contributed by atoms with Crippen molar-refractivity contribution in [1.29, 1.82) is 0 Å². The van der Waals surface area contributed by atoms with E-state index < -0.39 is 0 Å². The second-order valence-corrected chi connectivity index (χ2v) is 3.55. The lowest BCUT2D eigenvalue weighted by Crippen LogP contribution is -1.82. The first-order chi connectivity index (χ1) is 5.68. The topological polar surface area (TPSA) is 52.3 Å². The largest absolute Gasteiger partial charge is 0.458 e. The quantitative estimate of drug-likeness (QED) is 0.725. The highest BCUT2D eigenvalue weighted by Crippen LogP contribution is 2.28. The molecule has 0 aliphatic rings. The van der Waals surface area contributed by atoms with Crippen LogP contribution in [0.15, 0.2) is 25.6 Å². The Morgan fingerprint density at radius 3 is 2.92 bits per heavy atom. The Bertz CT molecular complexity index is 488. The van der Waals surface area contributed by atoms with Gasteiger partial charge in [0.1, 0.15) is 6.26 Å². The molecule has 2 N–H and O–H groups in total. The third-order valence-electron chi connectivity index (χ3n) is 1.42. The Labute approximate surface area is 81.3 Å². The van der Waals surface area contributed by atoms with Gasteiger partial charge in [0.15, 0.2) is 17.1 Å². The minimum absolute atomic E-state index is 0.287. The van der Waals surface area contributed by atoms with Crippen LogP contribution in [0.3, 0.4) is 0 Å². The molecule has 12 heavy (non-hydrogen) atoms. The van der Waals surface area contributed by atoms with Gasteiger partial charge in [0.2, 0.25) is 0 Å². The van der Waals surface area contributed by atoms with Crippen molar-refractivity contribution in [2.24, 2.45) is 0 Å². The van der Waals surface area contributed by atoms with Crippen molar-refractivity contribution in [3.63, 3.8) is 0 Å². The van der Waals surface area contributed by atoms with Crippen molar-refractivity contribution >= 4 is 45.2 Å². The Hall–Kier alpha value is -0.810. The molecule has 0 radical (unpaired) electrons. The van der Waals surface area contributed by atoms with Gasteiger partial charge in [0.05, 0.1) is 8.98 Å². The summed E-state index contributed by atoms with van der Waals surface area (Å²) in [7, 11) is 0. The smallest absolute Gasteiger partial charge is 0.192 e. The zero-order valence-corrected chi connectivity index (χ0v) is 8.24. The molecule has 0 spiro atoms. The molecule has 3 nitrogen and oxygen atoms in total. The number of rotatable bonds is 0. The molecule has 0 saturated carbocycles. The van der Waals surface area contributed by atoms with E-state index in [1.807, 2.05) is 0 Å². The summed E-state index contributed by atoms with van der Waals surface area (Å²) >= 11 is 8.25. The van der Waals surface area contributed by atoms with Gasteiger partial charge < -0.3 is 14.6 Å². The van der Waals surface area contributed by atoms with Crippen LogP contribution < -0.4 is 5.73 Å². The predicted octanol–water partition coefficient (Wildman–Crippen LogP) is 3.10. The molecule has 0 aliphatic carbocycles. The van der Waals surface area contributed by atoms with E-state index in [2.05, 4.69) is 15.9 Å². The Kier molecular flexibility index (Phi) is 1.69. The molecule has 2 aromatic heterocycles. The lowest BCUT2D eigenvalue weighted by molar-refractivity contribution is 0.591. The monoisotopic (exact) mass is 245 g/mol. The molecule has 2 heterocycles. The Morgan fingerprint density at radius 2 is 2.17 bits per heavy atom. The molecular weight excluding hydrogens is 242 g/mol. The van der Waals surface area contributed by atoms with Gasteiger partial charge in [-0.05, 0) is 15.9 Å². The van der Waals surface area contributed by atoms with Crippen LogP contribution >= 0.6 is 28.1 Å². The van der Waals surface area contributed by atoms with E-state index in [9.17, 15) is 0 Å². The lowest BCUT2D eigenvalue weighted by Gasteiger charge is -1.92. The first-order valence-corrected chi connectivity index (χ1v) is 4.35. The summed E-state index contributed by atoms with van der Waals surface area (Å²) in [4.78, 5) is 0. The fourth-order valence-corrected chi connectivity index (χ4v) is 1.54. The van der Waals surface area contributed by atoms with Crippen LogP contribution in [-0.4, -0.2) is 0 Å². The number of nitrogen functional groups attached to an aromatic ring is 1. The molecule has 2 rings (SSSR count). The molecule has 0 aromatic carbocycles. The summed E-state index contributed by atoms with van der Waals surface area (Å²) in [6.45, 7) is 0. The third kappa shape index (κ3) is 1.05. The standard InChI is InChI=1S/C7H4BrNO2S/c8-3-2-10-7-4(12)1-5(9)11-6(3)7/h1-2H,9H2. The highest BCUT2D eigenvalue weighted by atomic mass is 79.9. The molecule has 0 bridgehead atoms. The van der Waals surface area contributed by atoms with Gasteiger partial charge in [-0.25, -0.2) is 0 Å². The average molecular weight is 246 g/mol. The van der Waals surface area contributed by atoms with E-state index in [-0.39, 0.29) is 5.88 Å². The number of furan rings is 1. The number of hydrogen-bond acceptors (Lipinski definition) is 4. The molecule has 62 valence electrons. The summed E-state index contributed by atoms with van der Waals surface area (Å²) in [5.41, 5.74) is 6.56. The van der Waals surface area contributed by atoms with Gasteiger partial charge in [-0.1, -0.05) is 12.2 Å². The fourth-order valence-electron chi connectivity index (χ4n) is 0.933. The molecule has 0 amide bonds. The third-order valence-corrected chi connectivity index (χ3v) is 2.27. The SMILES string of the molecule is Nc1cc(=S)c2occ(Br)c2o1. The van der Waals surface area contributed by atoms with Crippen molar-refractivity contribution < 1.29 is 8.83 Å². The van der Waals surface area contributed by atoms with Crippen molar-refractivity contribution in [2.45, 2.75) is 0 Å². The zero-order chi connectivity index (χ0) is 8.72. The van der Waals surface area contributed by atoms with Gasteiger partial charge in [0, 0.05) is 6.07 Å². The summed E-state index contributed by atoms with van der Waals surface area (Å²) in [6.07, 6.45) is 1.52. The molecule has 0 fully saturated rings. The van der Waals surface area contributed by atoms with E-state index in [1.165, 1.54) is 6.26 Å². The minimum atomic E-state index is 0.287. The molecular formula is C7H4BrNO2S. The van der Waals surface area contributed by atoms with Crippen LogP contribution in [0.5, 0.6) is 0 Å². The first kappa shape index (κ1) is 7.82. The number of nitrogens with two attached hydrogens (primary N) is 1. The second-order valence-electron chi connectivity index (χ2n) is 2.25. The number of halogens is 1. The predicted molar refractivity (Wildman–Crippen MR) is 51.4 cm³/mol. The Balaban J connectivity index is 3.03.